The van der Waals surface area contributed by atoms with E-state index in [1.54, 1.807) is 18.2 Å². The Bertz CT molecular complexity index is 1140. The maximum Gasteiger partial charge on any atom is 0.293 e. The lowest BCUT2D eigenvalue weighted by molar-refractivity contribution is -0.384. The monoisotopic (exact) mass is 484 g/mol. The van der Waals surface area contributed by atoms with Gasteiger partial charge in [-0.15, -0.1) is 0 Å². The number of fused-ring (bicyclic) bond motifs is 1. The molecule has 1 heterocycles. The fourth-order valence-electron chi connectivity index (χ4n) is 4.65. The number of hydrogen-bond donors (Lipinski definition) is 2. The number of nitrogens with zero attached hydrogens (tertiary/aromatic N) is 2. The Kier molecular flexibility index (Phi) is 6.83. The predicted molar refractivity (Wildman–Crippen MR) is 128 cm³/mol. The molecular weight excluding hydrogens is 460 g/mol. The van der Waals surface area contributed by atoms with E-state index in [1.165, 1.54) is 23.1 Å². The second-order valence-corrected chi connectivity index (χ2v) is 9.09. The molecule has 2 fully saturated rings. The number of rotatable bonds is 7. The van der Waals surface area contributed by atoms with Crippen LogP contribution in [0.4, 0.5) is 17.1 Å². The van der Waals surface area contributed by atoms with Crippen LogP contribution in [0.1, 0.15) is 41.6 Å². The minimum atomic E-state index is -0.579. The van der Waals surface area contributed by atoms with Crippen LogP contribution in [0.3, 0.4) is 0 Å². The van der Waals surface area contributed by atoms with Crippen LogP contribution in [0.15, 0.2) is 36.4 Å². The van der Waals surface area contributed by atoms with Gasteiger partial charge < -0.3 is 10.6 Å². The van der Waals surface area contributed by atoms with Crippen molar-refractivity contribution in [3.05, 3.63) is 62.7 Å². The molecule has 4 rings (SSSR count). The van der Waals surface area contributed by atoms with Gasteiger partial charge in [-0.1, -0.05) is 30.5 Å². The number of imide groups is 1. The Balaban J connectivity index is 1.43. The fraction of sp³-hybridized carbons (Fsp3) is 0.375. The van der Waals surface area contributed by atoms with Crippen molar-refractivity contribution in [2.45, 2.75) is 32.6 Å². The molecule has 178 valence electrons. The van der Waals surface area contributed by atoms with Crippen molar-refractivity contribution in [1.29, 1.82) is 0 Å². The van der Waals surface area contributed by atoms with Crippen molar-refractivity contribution in [1.82, 2.24) is 4.90 Å². The molecule has 1 saturated heterocycles. The molecule has 1 aliphatic carbocycles. The molecule has 2 N–H and O–H groups in total. The number of anilines is 2. The van der Waals surface area contributed by atoms with E-state index in [9.17, 15) is 24.5 Å². The number of amides is 3. The van der Waals surface area contributed by atoms with Crippen molar-refractivity contribution in [2.24, 2.45) is 11.8 Å². The van der Waals surface area contributed by atoms with Gasteiger partial charge in [0.25, 0.3) is 11.6 Å². The second kappa shape index (κ2) is 9.80. The maximum atomic E-state index is 12.7. The minimum absolute atomic E-state index is 0.116. The molecule has 3 amide bonds. The zero-order chi connectivity index (χ0) is 24.4. The molecule has 1 aliphatic heterocycles. The normalized spacial score (nSPS) is 19.6. The first-order valence-electron chi connectivity index (χ1n) is 11.2. The average molecular weight is 485 g/mol. The van der Waals surface area contributed by atoms with Gasteiger partial charge in [0.15, 0.2) is 0 Å². The highest BCUT2D eigenvalue weighted by atomic mass is 35.5. The summed E-state index contributed by atoms with van der Waals surface area (Å²) in [6.45, 7) is 2.12. The highest BCUT2D eigenvalue weighted by molar-refractivity contribution is 6.31. The van der Waals surface area contributed by atoms with Crippen LogP contribution in [0.25, 0.3) is 0 Å². The smallest absolute Gasteiger partial charge is 0.293 e. The van der Waals surface area contributed by atoms with Crippen molar-refractivity contribution >= 4 is 46.4 Å². The summed E-state index contributed by atoms with van der Waals surface area (Å²) in [6.07, 6.45) is 3.39. The van der Waals surface area contributed by atoms with Crippen LogP contribution in [0.2, 0.25) is 5.02 Å². The summed E-state index contributed by atoms with van der Waals surface area (Å²) in [5.41, 5.74) is 1.37. The predicted octanol–water partition coefficient (Wildman–Crippen LogP) is 4.40. The number of halogens is 1. The van der Waals surface area contributed by atoms with E-state index < -0.39 is 10.8 Å². The molecule has 0 bridgehead atoms. The van der Waals surface area contributed by atoms with Crippen molar-refractivity contribution in [2.75, 3.05) is 23.7 Å². The first-order valence-corrected chi connectivity index (χ1v) is 11.6. The number of benzene rings is 2. The lowest BCUT2D eigenvalue weighted by atomic mass is 9.81. The summed E-state index contributed by atoms with van der Waals surface area (Å²) in [5.74, 6) is -1.24. The lowest BCUT2D eigenvalue weighted by Gasteiger charge is -2.19. The molecule has 10 heteroatoms. The third-order valence-electron chi connectivity index (χ3n) is 6.49. The van der Waals surface area contributed by atoms with E-state index in [0.29, 0.717) is 10.7 Å². The summed E-state index contributed by atoms with van der Waals surface area (Å²) in [6, 6.07) is 9.19. The Morgan fingerprint density at radius 2 is 1.76 bits per heavy atom. The van der Waals surface area contributed by atoms with E-state index >= 15 is 0 Å². The molecular formula is C24H25ClN4O5. The van der Waals surface area contributed by atoms with Crippen molar-refractivity contribution in [3.63, 3.8) is 0 Å². The molecule has 1 saturated carbocycles. The zero-order valence-electron chi connectivity index (χ0n) is 18.7. The first kappa shape index (κ1) is 23.7. The average Bonchev–Trinajstić information content (AvgIpc) is 3.06. The third-order valence-corrected chi connectivity index (χ3v) is 6.72. The van der Waals surface area contributed by atoms with Crippen LogP contribution in [-0.2, 0) is 9.59 Å². The molecule has 0 aromatic heterocycles. The minimum Gasteiger partial charge on any atom is -0.378 e. The first-order chi connectivity index (χ1) is 16.3. The van der Waals surface area contributed by atoms with Crippen LogP contribution >= 0.6 is 11.6 Å². The second-order valence-electron chi connectivity index (χ2n) is 8.65. The van der Waals surface area contributed by atoms with E-state index in [4.69, 9.17) is 11.6 Å². The molecule has 2 atom stereocenters. The number of nitro groups is 1. The zero-order valence-corrected chi connectivity index (χ0v) is 19.4. The van der Waals surface area contributed by atoms with Gasteiger partial charge in [-0.2, -0.15) is 0 Å². The van der Waals surface area contributed by atoms with Gasteiger partial charge >= 0.3 is 0 Å². The van der Waals surface area contributed by atoms with Crippen molar-refractivity contribution in [3.8, 4) is 0 Å². The number of carbonyl (C=O) groups excluding carboxylic acids is 3. The molecule has 2 aliphatic rings. The quantitative estimate of drug-likeness (QED) is 0.341. The lowest BCUT2D eigenvalue weighted by Crippen LogP contribution is -2.35. The summed E-state index contributed by atoms with van der Waals surface area (Å²) in [5, 5.41) is 17.8. The van der Waals surface area contributed by atoms with Gasteiger partial charge in [0.1, 0.15) is 5.69 Å². The van der Waals surface area contributed by atoms with Gasteiger partial charge in [-0.3, -0.25) is 29.4 Å². The Morgan fingerprint density at radius 1 is 1.09 bits per heavy atom. The molecule has 2 aromatic carbocycles. The van der Waals surface area contributed by atoms with Crippen LogP contribution < -0.4 is 10.6 Å². The standard InChI is InChI=1S/C24H25ClN4O5/c1-14-6-8-16(25)13-20(14)27-22(30)15-7-9-19(21(12-15)29(33)34)26-10-11-28-23(31)17-4-2-3-5-18(17)24(28)32/h6-9,12-13,17-18,26H,2-5,10-11H2,1H3,(H,27,30)/t17-,18-/m0/s1. The molecule has 2 aromatic rings. The van der Waals surface area contributed by atoms with Gasteiger partial charge in [-0.25, -0.2) is 0 Å². The van der Waals surface area contributed by atoms with E-state index in [0.717, 1.165) is 31.2 Å². The maximum absolute atomic E-state index is 12.7. The number of carbonyl (C=O) groups is 3. The van der Waals surface area contributed by atoms with Gasteiger partial charge in [0.05, 0.1) is 16.8 Å². The van der Waals surface area contributed by atoms with Crippen LogP contribution in [0.5, 0.6) is 0 Å². The fourth-order valence-corrected chi connectivity index (χ4v) is 4.82. The van der Waals surface area contributed by atoms with Crippen molar-refractivity contribution < 1.29 is 19.3 Å². The summed E-state index contributed by atoms with van der Waals surface area (Å²) >= 11 is 5.99. The Labute approximate surface area is 201 Å². The molecule has 9 nitrogen and oxygen atoms in total. The van der Waals surface area contributed by atoms with Gasteiger partial charge in [0, 0.05) is 35.4 Å². The molecule has 34 heavy (non-hydrogen) atoms. The topological polar surface area (TPSA) is 122 Å². The van der Waals surface area contributed by atoms with E-state index in [-0.39, 0.29) is 53.7 Å². The SMILES string of the molecule is Cc1ccc(Cl)cc1NC(=O)c1ccc(NCCN2C(=O)[C@H]3CCCC[C@@H]3C2=O)c([N+](=O)[O-])c1. The van der Waals surface area contributed by atoms with Crippen LogP contribution in [0, 0.1) is 28.9 Å². The Morgan fingerprint density at radius 3 is 2.41 bits per heavy atom. The number of likely N-dealkylation sites (tertiary alicyclic amines) is 1. The molecule has 0 unspecified atom stereocenters. The third kappa shape index (κ3) is 4.75. The van der Waals surface area contributed by atoms with Gasteiger partial charge in [-0.05, 0) is 49.6 Å². The molecule has 0 radical (unpaired) electrons. The summed E-state index contributed by atoms with van der Waals surface area (Å²) < 4.78 is 0. The number of nitro benzene ring substituents is 1. The highest BCUT2D eigenvalue weighted by Gasteiger charge is 2.47. The largest absolute Gasteiger partial charge is 0.378 e. The van der Waals surface area contributed by atoms with Gasteiger partial charge in [0.2, 0.25) is 11.8 Å². The Hall–Kier alpha value is -3.46. The van der Waals surface area contributed by atoms with E-state index in [1.807, 2.05) is 6.92 Å². The number of nitrogens with one attached hydrogen (secondary N) is 2. The molecule has 0 spiro atoms. The van der Waals surface area contributed by atoms with Crippen LogP contribution in [-0.4, -0.2) is 40.6 Å². The highest BCUT2D eigenvalue weighted by Crippen LogP contribution is 2.38. The summed E-state index contributed by atoms with van der Waals surface area (Å²) in [7, 11) is 0. The van der Waals surface area contributed by atoms with E-state index in [2.05, 4.69) is 10.6 Å². The number of aryl methyl sites for hydroxylation is 1. The number of hydrogen-bond acceptors (Lipinski definition) is 6. The summed E-state index contributed by atoms with van der Waals surface area (Å²) in [4.78, 5) is 50.2.